The molecule has 0 N–H and O–H groups in total. The number of carbonyl (C=O) groups is 1. The van der Waals surface area contributed by atoms with Crippen LogP contribution in [0.4, 0.5) is 4.79 Å². The van der Waals surface area contributed by atoms with E-state index in [1.54, 1.807) is 0 Å². The molecule has 16 heavy (non-hydrogen) atoms. The van der Waals surface area contributed by atoms with Gasteiger partial charge in [-0.15, -0.1) is 0 Å². The van der Waals surface area contributed by atoms with E-state index in [1.807, 2.05) is 0 Å². The zero-order valence-corrected chi connectivity index (χ0v) is 9.84. The molecule has 4 nitrogen and oxygen atoms in total. The molecule has 1 aromatic carbocycles. The Morgan fingerprint density at radius 2 is 2.00 bits per heavy atom. The zero-order chi connectivity index (χ0) is 11.7. The third kappa shape index (κ3) is 2.19. The molecule has 0 aliphatic carbocycles. The van der Waals surface area contributed by atoms with Gasteiger partial charge in [0.05, 0.1) is 10.5 Å². The van der Waals surface area contributed by atoms with Gasteiger partial charge >= 0.3 is 5.43 Å². The van der Waals surface area contributed by atoms with Crippen LogP contribution in [0.1, 0.15) is 0 Å². The molecule has 0 radical (unpaired) electrons. The van der Waals surface area contributed by atoms with E-state index in [0.29, 0.717) is 10.9 Å². The predicted octanol–water partition coefficient (Wildman–Crippen LogP) is 3.67. The molecule has 0 aliphatic rings. The van der Waals surface area contributed by atoms with E-state index in [2.05, 4.69) is 14.7 Å². The molecule has 0 unspecified atom stereocenters. The van der Waals surface area contributed by atoms with Gasteiger partial charge in [0.2, 0.25) is 0 Å². The second kappa shape index (κ2) is 4.41. The van der Waals surface area contributed by atoms with Gasteiger partial charge in [0.25, 0.3) is 0 Å². The summed E-state index contributed by atoms with van der Waals surface area (Å²) in [7, 11) is 0. The van der Waals surface area contributed by atoms with E-state index < -0.39 is 5.43 Å². The van der Waals surface area contributed by atoms with Crippen molar-refractivity contribution in [3.63, 3.8) is 0 Å². The van der Waals surface area contributed by atoms with Crippen molar-refractivity contribution in [2.75, 3.05) is 0 Å². The maximum atomic E-state index is 10.6. The van der Waals surface area contributed by atoms with Gasteiger partial charge in [-0.1, -0.05) is 23.2 Å². The largest absolute Gasteiger partial charge is 0.413 e. The van der Waals surface area contributed by atoms with E-state index in [9.17, 15) is 4.79 Å². The third-order valence-corrected chi connectivity index (χ3v) is 2.50. The van der Waals surface area contributed by atoms with Crippen molar-refractivity contribution >= 4 is 51.1 Å². The van der Waals surface area contributed by atoms with Crippen LogP contribution in [0.5, 0.6) is 5.75 Å². The van der Waals surface area contributed by atoms with E-state index in [-0.39, 0.29) is 15.9 Å². The van der Waals surface area contributed by atoms with Crippen LogP contribution in [0.2, 0.25) is 10.2 Å². The quantitative estimate of drug-likeness (QED) is 0.589. The molecule has 1 heterocycles. The summed E-state index contributed by atoms with van der Waals surface area (Å²) in [6.45, 7) is 0. The lowest BCUT2D eigenvalue weighted by Gasteiger charge is -2.05. The first-order valence-corrected chi connectivity index (χ1v) is 5.18. The van der Waals surface area contributed by atoms with Crippen molar-refractivity contribution in [2.45, 2.75) is 0 Å². The molecule has 0 aliphatic heterocycles. The van der Waals surface area contributed by atoms with Gasteiger partial charge < -0.3 is 4.74 Å². The summed E-state index contributed by atoms with van der Waals surface area (Å²) in [6.07, 6.45) is 1.30. The van der Waals surface area contributed by atoms with Gasteiger partial charge in [0.15, 0.2) is 5.75 Å². The number of rotatable bonds is 1. The standard InChI is InChI=1S/C9H3Cl3N2O2/c10-5-1-4-6(13-3-14-8(4)11)2-7(5)16-9(12)15/h1-3H. The van der Waals surface area contributed by atoms with Gasteiger partial charge in [0.1, 0.15) is 11.5 Å². The number of benzene rings is 1. The highest BCUT2D eigenvalue weighted by atomic mass is 35.5. The van der Waals surface area contributed by atoms with Crippen LogP contribution in [0, 0.1) is 0 Å². The maximum absolute atomic E-state index is 10.6. The number of hydrogen-bond acceptors (Lipinski definition) is 4. The molecule has 0 atom stereocenters. The Bertz CT molecular complexity index is 574. The molecular formula is C9H3Cl3N2O2. The van der Waals surface area contributed by atoms with Crippen molar-refractivity contribution in [3.8, 4) is 5.75 Å². The SMILES string of the molecule is O=C(Cl)Oc1cc2ncnc(Cl)c2cc1Cl. The fraction of sp³-hybridized carbons (Fsp3) is 0. The third-order valence-electron chi connectivity index (χ3n) is 1.83. The Labute approximate surface area is 105 Å². The van der Waals surface area contributed by atoms with E-state index >= 15 is 0 Å². The summed E-state index contributed by atoms with van der Waals surface area (Å²) in [5.41, 5.74) is -0.460. The summed E-state index contributed by atoms with van der Waals surface area (Å²) >= 11 is 16.8. The topological polar surface area (TPSA) is 52.1 Å². The van der Waals surface area contributed by atoms with Crippen molar-refractivity contribution in [3.05, 3.63) is 28.6 Å². The summed E-state index contributed by atoms with van der Waals surface area (Å²) in [5.74, 6) is 0.129. The zero-order valence-electron chi connectivity index (χ0n) is 7.58. The first kappa shape index (κ1) is 11.4. The number of fused-ring (bicyclic) bond motifs is 1. The van der Waals surface area contributed by atoms with Crippen molar-refractivity contribution < 1.29 is 9.53 Å². The van der Waals surface area contributed by atoms with E-state index in [4.69, 9.17) is 34.8 Å². The second-order valence-corrected chi connectivity index (χ2v) is 3.88. The van der Waals surface area contributed by atoms with Gasteiger partial charge in [-0.3, -0.25) is 0 Å². The normalized spacial score (nSPS) is 10.4. The van der Waals surface area contributed by atoms with Gasteiger partial charge in [-0.25, -0.2) is 14.8 Å². The predicted molar refractivity (Wildman–Crippen MR) is 61.4 cm³/mol. The number of ether oxygens (including phenoxy) is 1. The van der Waals surface area contributed by atoms with E-state index in [0.717, 1.165) is 0 Å². The van der Waals surface area contributed by atoms with Gasteiger partial charge in [-0.05, 0) is 6.07 Å². The van der Waals surface area contributed by atoms with Crippen LogP contribution >= 0.6 is 34.8 Å². The molecule has 7 heteroatoms. The first-order valence-electron chi connectivity index (χ1n) is 4.05. The number of hydrogen-bond donors (Lipinski definition) is 0. The summed E-state index contributed by atoms with van der Waals surface area (Å²) in [5, 5.41) is 1.05. The van der Waals surface area contributed by atoms with Crippen molar-refractivity contribution in [2.24, 2.45) is 0 Å². The lowest BCUT2D eigenvalue weighted by molar-refractivity contribution is 0.226. The van der Waals surface area contributed by atoms with Crippen LogP contribution in [-0.4, -0.2) is 15.4 Å². The first-order chi connectivity index (χ1) is 7.58. The van der Waals surface area contributed by atoms with Crippen molar-refractivity contribution in [1.29, 1.82) is 0 Å². The Morgan fingerprint density at radius 1 is 1.25 bits per heavy atom. The van der Waals surface area contributed by atoms with Crippen LogP contribution in [-0.2, 0) is 0 Å². The van der Waals surface area contributed by atoms with Crippen LogP contribution < -0.4 is 4.74 Å². The van der Waals surface area contributed by atoms with Crippen LogP contribution in [0.15, 0.2) is 18.5 Å². The molecule has 0 bridgehead atoms. The highest BCUT2D eigenvalue weighted by Gasteiger charge is 2.10. The molecule has 2 rings (SSSR count). The van der Waals surface area contributed by atoms with Crippen LogP contribution in [0.25, 0.3) is 10.9 Å². The maximum Gasteiger partial charge on any atom is 0.409 e. The van der Waals surface area contributed by atoms with E-state index in [1.165, 1.54) is 18.5 Å². The lowest BCUT2D eigenvalue weighted by atomic mass is 10.2. The smallest absolute Gasteiger partial charge is 0.409 e. The Morgan fingerprint density at radius 3 is 2.69 bits per heavy atom. The molecule has 2 aromatic rings. The molecular weight excluding hydrogens is 274 g/mol. The van der Waals surface area contributed by atoms with Crippen molar-refractivity contribution in [1.82, 2.24) is 9.97 Å². The number of halogens is 3. The highest BCUT2D eigenvalue weighted by Crippen LogP contribution is 2.31. The Kier molecular flexibility index (Phi) is 3.14. The Balaban J connectivity index is 2.63. The Hall–Kier alpha value is -1.10. The molecule has 0 amide bonds. The number of aromatic nitrogens is 2. The van der Waals surface area contributed by atoms with Crippen LogP contribution in [0.3, 0.4) is 0 Å². The second-order valence-electron chi connectivity index (χ2n) is 2.80. The minimum absolute atomic E-state index is 0.129. The molecule has 1 aromatic heterocycles. The molecule has 0 fully saturated rings. The minimum Gasteiger partial charge on any atom is -0.413 e. The molecule has 82 valence electrons. The summed E-state index contributed by atoms with van der Waals surface area (Å²) in [4.78, 5) is 18.4. The molecule has 0 saturated heterocycles. The monoisotopic (exact) mass is 276 g/mol. The fourth-order valence-electron chi connectivity index (χ4n) is 1.19. The average molecular weight is 277 g/mol. The number of nitrogens with zero attached hydrogens (tertiary/aromatic N) is 2. The lowest BCUT2D eigenvalue weighted by Crippen LogP contribution is -1.97. The summed E-state index contributed by atoms with van der Waals surface area (Å²) in [6, 6.07) is 2.97. The highest BCUT2D eigenvalue weighted by molar-refractivity contribution is 6.61. The molecule has 0 spiro atoms. The van der Waals surface area contributed by atoms with Gasteiger partial charge in [0, 0.05) is 23.1 Å². The minimum atomic E-state index is -0.971. The summed E-state index contributed by atoms with van der Waals surface area (Å²) < 4.78 is 4.68. The number of carbonyl (C=O) groups excluding carboxylic acids is 1. The fourth-order valence-corrected chi connectivity index (χ4v) is 1.67. The average Bonchev–Trinajstić information content (AvgIpc) is 2.20. The van der Waals surface area contributed by atoms with Gasteiger partial charge in [-0.2, -0.15) is 0 Å². The molecule has 0 saturated carbocycles.